The van der Waals surface area contributed by atoms with Gasteiger partial charge in [-0.1, -0.05) is 19.4 Å². The minimum Gasteiger partial charge on any atom is -0.496 e. The first kappa shape index (κ1) is 22.7. The predicted molar refractivity (Wildman–Crippen MR) is 115 cm³/mol. The summed E-state index contributed by atoms with van der Waals surface area (Å²) in [5.74, 6) is 0.269. The van der Waals surface area contributed by atoms with E-state index in [1.54, 1.807) is 21.0 Å². The van der Waals surface area contributed by atoms with Crippen LogP contribution in [0.3, 0.4) is 0 Å². The van der Waals surface area contributed by atoms with E-state index in [2.05, 4.69) is 19.9 Å². The Morgan fingerprint density at radius 3 is 2.48 bits per heavy atom. The molecule has 1 aliphatic rings. The van der Waals surface area contributed by atoms with Crippen LogP contribution in [0, 0.1) is 5.92 Å². The maximum absolute atomic E-state index is 14.9. The first-order valence-electron chi connectivity index (χ1n) is 9.85. The lowest BCUT2D eigenvalue weighted by Gasteiger charge is -2.33. The van der Waals surface area contributed by atoms with Crippen LogP contribution in [0.2, 0.25) is 0 Å². The molecule has 1 aromatic rings. The van der Waals surface area contributed by atoms with E-state index in [1.807, 2.05) is 26.0 Å². The average molecular weight is 403 g/mol. The van der Waals surface area contributed by atoms with E-state index in [0.717, 1.165) is 23.0 Å². The van der Waals surface area contributed by atoms with Crippen molar-refractivity contribution in [1.82, 2.24) is 0 Å². The van der Waals surface area contributed by atoms with Gasteiger partial charge in [0.2, 0.25) is 0 Å². The van der Waals surface area contributed by atoms with Crippen molar-refractivity contribution in [3.63, 3.8) is 0 Å². The molecular weight excluding hydrogens is 371 g/mol. The summed E-state index contributed by atoms with van der Waals surface area (Å²) >= 11 is 0. The van der Waals surface area contributed by atoms with E-state index in [4.69, 9.17) is 14.6 Å². The second-order valence-corrected chi connectivity index (χ2v) is 8.37. The number of carboxylic acids is 1. The highest BCUT2D eigenvalue weighted by molar-refractivity contribution is 5.82. The number of aliphatic carboxylic acids is 1. The number of allylic oxidation sites excluding steroid dienone is 4. The van der Waals surface area contributed by atoms with Crippen LogP contribution in [-0.2, 0) is 4.79 Å². The fraction of sp³-hybridized carbons (Fsp3) is 0.458. The first-order chi connectivity index (χ1) is 13.4. The van der Waals surface area contributed by atoms with Crippen LogP contribution < -0.4 is 9.47 Å². The molecule has 0 unspecified atom stereocenters. The molecule has 1 aromatic carbocycles. The van der Waals surface area contributed by atoms with Crippen LogP contribution >= 0.6 is 0 Å². The lowest BCUT2D eigenvalue weighted by atomic mass is 9.86. The predicted octanol–water partition coefficient (Wildman–Crippen LogP) is 6.42. The van der Waals surface area contributed by atoms with Crippen LogP contribution in [0.15, 0.2) is 35.7 Å². The van der Waals surface area contributed by atoms with Gasteiger partial charge in [-0.2, -0.15) is 0 Å². The van der Waals surface area contributed by atoms with Gasteiger partial charge in [-0.3, -0.25) is 0 Å². The van der Waals surface area contributed by atoms with Gasteiger partial charge < -0.3 is 14.6 Å². The molecule has 2 rings (SSSR count). The monoisotopic (exact) mass is 402 g/mol. The van der Waals surface area contributed by atoms with E-state index in [-0.39, 0.29) is 18.2 Å². The Bertz CT molecular complexity index is 888. The van der Waals surface area contributed by atoms with E-state index in [1.165, 1.54) is 0 Å². The Labute approximate surface area is 172 Å². The van der Waals surface area contributed by atoms with E-state index in [9.17, 15) is 9.18 Å². The highest BCUT2D eigenvalue weighted by Crippen LogP contribution is 2.44. The molecular formula is C24H31FO4. The molecule has 0 fully saturated rings. The maximum Gasteiger partial charge on any atom is 0.328 e. The van der Waals surface area contributed by atoms with Crippen molar-refractivity contribution < 1.29 is 23.8 Å². The number of halogens is 1. The molecule has 0 atom stereocenters. The average Bonchev–Trinajstić information content (AvgIpc) is 2.62. The zero-order valence-electron chi connectivity index (χ0n) is 18.4. The van der Waals surface area contributed by atoms with Gasteiger partial charge in [0, 0.05) is 29.7 Å². The summed E-state index contributed by atoms with van der Waals surface area (Å²) in [6, 6.07) is 3.76. The van der Waals surface area contributed by atoms with Crippen LogP contribution in [0.1, 0.15) is 65.5 Å². The van der Waals surface area contributed by atoms with Crippen molar-refractivity contribution in [2.45, 2.75) is 60.0 Å². The molecule has 0 amide bonds. The molecule has 5 heteroatoms. The van der Waals surface area contributed by atoms with Gasteiger partial charge in [0.25, 0.3) is 0 Å². The van der Waals surface area contributed by atoms with Gasteiger partial charge in [0.15, 0.2) is 0 Å². The molecule has 0 aliphatic carbocycles. The molecule has 0 aromatic heterocycles. The van der Waals surface area contributed by atoms with Crippen LogP contribution in [0.25, 0.3) is 11.1 Å². The lowest BCUT2D eigenvalue weighted by molar-refractivity contribution is -0.131. The first-order valence-corrected chi connectivity index (χ1v) is 9.85. The topological polar surface area (TPSA) is 55.8 Å². The van der Waals surface area contributed by atoms with Gasteiger partial charge in [0.05, 0.1) is 7.11 Å². The third-order valence-electron chi connectivity index (χ3n) is 5.03. The van der Waals surface area contributed by atoms with Crippen LogP contribution in [-0.4, -0.2) is 23.8 Å². The highest BCUT2D eigenvalue weighted by atomic mass is 19.1. The zero-order chi connectivity index (χ0) is 21.9. The smallest absolute Gasteiger partial charge is 0.328 e. The normalized spacial score (nSPS) is 16.6. The lowest BCUT2D eigenvalue weighted by Crippen LogP contribution is -2.29. The summed E-state index contributed by atoms with van der Waals surface area (Å²) in [6.45, 7) is 11.7. The largest absolute Gasteiger partial charge is 0.496 e. The molecule has 0 radical (unpaired) electrons. The number of rotatable bonds is 7. The van der Waals surface area contributed by atoms with Crippen molar-refractivity contribution in [3.05, 3.63) is 46.8 Å². The summed E-state index contributed by atoms with van der Waals surface area (Å²) in [4.78, 5) is 10.7. The standard InChI is InChI=1S/C24H31FO4/c1-14(2)19-13-24(5,6)29-22-12-21(28-7)17(11-18(19)22)16(4)20(25)9-8-15(3)10-23(26)27/h10-14H,8-9H2,1-7H3,(H,26,27). The third kappa shape index (κ3) is 5.49. The minimum absolute atomic E-state index is 0.137. The molecule has 1 N–H and O–H groups in total. The summed E-state index contributed by atoms with van der Waals surface area (Å²) in [6.07, 6.45) is 3.71. The fourth-order valence-electron chi connectivity index (χ4n) is 3.50. The number of fused-ring (bicyclic) bond motifs is 1. The molecule has 4 nitrogen and oxygen atoms in total. The summed E-state index contributed by atoms with van der Waals surface area (Å²) < 4.78 is 26.6. The molecule has 158 valence electrons. The Kier molecular flexibility index (Phi) is 6.93. The van der Waals surface area contributed by atoms with E-state index < -0.39 is 11.6 Å². The second-order valence-electron chi connectivity index (χ2n) is 8.37. The molecule has 0 saturated heterocycles. The number of hydrogen-bond donors (Lipinski definition) is 1. The number of methoxy groups -OCH3 is 1. The molecule has 0 bridgehead atoms. The summed E-state index contributed by atoms with van der Waals surface area (Å²) in [5, 5.41) is 8.81. The van der Waals surface area contributed by atoms with Gasteiger partial charge in [0.1, 0.15) is 22.9 Å². The van der Waals surface area contributed by atoms with Crippen LogP contribution in [0.4, 0.5) is 4.39 Å². The van der Waals surface area contributed by atoms with Crippen molar-refractivity contribution in [1.29, 1.82) is 0 Å². The fourth-order valence-corrected chi connectivity index (χ4v) is 3.50. The molecule has 0 saturated carbocycles. The Morgan fingerprint density at radius 1 is 1.28 bits per heavy atom. The second kappa shape index (κ2) is 8.85. The van der Waals surface area contributed by atoms with Gasteiger partial charge in [-0.25, -0.2) is 9.18 Å². The summed E-state index contributed by atoms with van der Waals surface area (Å²) in [7, 11) is 1.56. The Hall–Kier alpha value is -2.56. The number of carboxylic acid groups (broad SMARTS) is 1. The highest BCUT2D eigenvalue weighted by Gasteiger charge is 2.29. The van der Waals surface area contributed by atoms with Gasteiger partial charge in [-0.15, -0.1) is 0 Å². The van der Waals surface area contributed by atoms with Crippen molar-refractivity contribution in [2.24, 2.45) is 5.92 Å². The zero-order valence-corrected chi connectivity index (χ0v) is 18.4. The van der Waals surface area contributed by atoms with Gasteiger partial charge in [-0.05, 0) is 63.3 Å². The van der Waals surface area contributed by atoms with Crippen molar-refractivity contribution in [3.8, 4) is 11.5 Å². The van der Waals surface area contributed by atoms with Crippen molar-refractivity contribution >= 4 is 17.1 Å². The Morgan fingerprint density at radius 2 is 1.93 bits per heavy atom. The van der Waals surface area contributed by atoms with E-state index >= 15 is 0 Å². The third-order valence-corrected chi connectivity index (χ3v) is 5.03. The van der Waals surface area contributed by atoms with Crippen LogP contribution in [0.5, 0.6) is 11.5 Å². The maximum atomic E-state index is 14.9. The molecule has 1 heterocycles. The number of ether oxygens (including phenoxy) is 2. The molecule has 29 heavy (non-hydrogen) atoms. The van der Waals surface area contributed by atoms with Gasteiger partial charge >= 0.3 is 5.97 Å². The Balaban J connectivity index is 2.48. The number of benzene rings is 1. The SMILES string of the molecule is COc1cc2c(cc1C(C)=C(F)CCC(C)=CC(=O)O)C(C(C)C)=CC(C)(C)O2. The number of hydrogen-bond acceptors (Lipinski definition) is 3. The van der Waals surface area contributed by atoms with E-state index in [0.29, 0.717) is 28.9 Å². The molecule has 1 aliphatic heterocycles. The number of carbonyl (C=O) groups is 1. The summed E-state index contributed by atoms with van der Waals surface area (Å²) in [5.41, 5.74) is 3.47. The molecule has 0 spiro atoms. The quantitative estimate of drug-likeness (QED) is 0.535. The minimum atomic E-state index is -1.02. The van der Waals surface area contributed by atoms with Crippen molar-refractivity contribution in [2.75, 3.05) is 7.11 Å².